The van der Waals surface area contributed by atoms with Crippen molar-refractivity contribution in [2.24, 2.45) is 0 Å². The van der Waals surface area contributed by atoms with Gasteiger partial charge in [-0.1, -0.05) is 72.2 Å². The van der Waals surface area contributed by atoms with E-state index >= 15 is 0 Å². The van der Waals surface area contributed by atoms with Gasteiger partial charge in [0.05, 0.1) is 0 Å². The van der Waals surface area contributed by atoms with Gasteiger partial charge in [0.15, 0.2) is 0 Å². The molecule has 0 fully saturated rings. The van der Waals surface area contributed by atoms with Gasteiger partial charge in [0.1, 0.15) is 0 Å². The quantitative estimate of drug-likeness (QED) is 0.247. The van der Waals surface area contributed by atoms with Crippen LogP contribution < -0.4 is 0 Å². The summed E-state index contributed by atoms with van der Waals surface area (Å²) in [5, 5.41) is 0. The van der Waals surface area contributed by atoms with Gasteiger partial charge >= 0.3 is 6.00 Å². The Bertz CT molecular complexity index is 921. The summed E-state index contributed by atoms with van der Waals surface area (Å²) in [5.41, 5.74) is 10.1. The first-order valence-electron chi connectivity index (χ1n) is 9.57. The van der Waals surface area contributed by atoms with Gasteiger partial charge < -0.3 is 0 Å². The minimum absolute atomic E-state index is 0.428. The van der Waals surface area contributed by atoms with E-state index in [9.17, 15) is 0 Å². The van der Waals surface area contributed by atoms with Gasteiger partial charge in [-0.25, -0.2) is 0 Å². The van der Waals surface area contributed by atoms with Crippen LogP contribution in [0.1, 0.15) is 53.5 Å². The van der Waals surface area contributed by atoms with Gasteiger partial charge in [0.2, 0.25) is 0 Å². The Labute approximate surface area is 177 Å². The molecule has 2 aliphatic carbocycles. The van der Waals surface area contributed by atoms with Crippen molar-refractivity contribution in [1.29, 1.82) is 0 Å². The molecule has 0 radical (unpaired) electrons. The summed E-state index contributed by atoms with van der Waals surface area (Å²) in [6.07, 6.45) is 8.95. The topological polar surface area (TPSA) is 0 Å². The molecule has 2 aromatic carbocycles. The summed E-state index contributed by atoms with van der Waals surface area (Å²) < 4.78 is 0. The Morgan fingerprint density at radius 2 is 1.78 bits per heavy atom. The van der Waals surface area contributed by atoms with Crippen LogP contribution in [0.15, 0.2) is 53.6 Å². The molecular weight excluding hydrogens is 411 g/mol. The fraction of sp³-hybridized carbons (Fsp3) is 0.304. The van der Waals surface area contributed by atoms with Crippen molar-refractivity contribution < 1.29 is 0 Å². The first kappa shape index (κ1) is 19.3. The second kappa shape index (κ2) is 7.79. The van der Waals surface area contributed by atoms with Crippen LogP contribution in [0.25, 0.3) is 12.2 Å². The van der Waals surface area contributed by atoms with Gasteiger partial charge in [-0.3, -0.25) is 0 Å². The molecule has 4 heteroatoms. The van der Waals surface area contributed by atoms with Crippen LogP contribution in [0.3, 0.4) is 0 Å². The van der Waals surface area contributed by atoms with Gasteiger partial charge in [-0.05, 0) is 60.0 Å². The number of benzene rings is 2. The number of halogens is 3. The zero-order valence-corrected chi connectivity index (χ0v) is 18.7. The lowest BCUT2D eigenvalue weighted by molar-refractivity contribution is 0.790. The highest BCUT2D eigenvalue weighted by molar-refractivity contribution is 7.64. The molecule has 1 atom stereocenters. The fourth-order valence-corrected chi connectivity index (χ4v) is 6.33. The molecule has 0 bridgehead atoms. The molecule has 2 aliphatic rings. The molecule has 0 N–H and O–H groups in total. The third-order valence-electron chi connectivity index (χ3n) is 5.68. The maximum atomic E-state index is 6.01. The summed E-state index contributed by atoms with van der Waals surface area (Å²) in [4.78, 5) is 0. The van der Waals surface area contributed by atoms with E-state index in [1.807, 2.05) is 0 Å². The smallest absolute Gasteiger partial charge is 0.126 e. The molecule has 2 aromatic rings. The highest BCUT2D eigenvalue weighted by atomic mass is 35.8. The average Bonchev–Trinajstić information content (AvgIpc) is 3.17. The third-order valence-corrected chi connectivity index (χ3v) is 8.31. The van der Waals surface area contributed by atoms with Crippen LogP contribution in [0.2, 0.25) is 6.04 Å². The number of rotatable bonds is 6. The molecule has 0 spiro atoms. The Morgan fingerprint density at radius 1 is 0.963 bits per heavy atom. The summed E-state index contributed by atoms with van der Waals surface area (Å²) in [7, 11) is 0. The van der Waals surface area contributed by atoms with Crippen LogP contribution in [0.4, 0.5) is 0 Å². The van der Waals surface area contributed by atoms with Crippen molar-refractivity contribution in [3.05, 3.63) is 81.4 Å². The van der Waals surface area contributed by atoms with Crippen LogP contribution in [0.5, 0.6) is 0 Å². The van der Waals surface area contributed by atoms with Crippen LogP contribution >= 0.6 is 33.2 Å². The van der Waals surface area contributed by atoms with Crippen LogP contribution in [-0.2, 0) is 12.8 Å². The molecule has 0 aromatic heterocycles. The zero-order chi connectivity index (χ0) is 19.0. The molecular formula is C23H23Cl3Si. The van der Waals surface area contributed by atoms with E-state index in [1.165, 1.54) is 39.0 Å². The maximum Gasteiger partial charge on any atom is 0.341 e. The van der Waals surface area contributed by atoms with Gasteiger partial charge in [0, 0.05) is 5.92 Å². The Morgan fingerprint density at radius 3 is 2.59 bits per heavy atom. The number of aryl methyl sites for hydroxylation is 1. The number of allylic oxidation sites excluding steroid dienone is 2. The molecule has 0 saturated heterocycles. The van der Waals surface area contributed by atoms with Crippen molar-refractivity contribution in [2.45, 2.75) is 44.6 Å². The summed E-state index contributed by atoms with van der Waals surface area (Å²) in [6, 6.07) is 13.8. The standard InChI is InChI=1S/C23H23Cl3Si/c1-16-13-18-8-2-3-11-21(18)23(16)20-14-19-10-6-9-17(22(19)15-20)7-4-5-12-27(24,25)26/h2-3,6,8-11,13,15,23H,4-5,7,12,14H2,1H3. The van der Waals surface area contributed by atoms with E-state index in [-0.39, 0.29) is 0 Å². The SMILES string of the molecule is CC1=Cc2ccccc2C1C1=Cc2c(CCCC[Si](Cl)(Cl)Cl)cccc2C1. The molecule has 4 rings (SSSR count). The van der Waals surface area contributed by atoms with Crippen LogP contribution in [0, 0.1) is 0 Å². The van der Waals surface area contributed by atoms with Gasteiger partial charge in [0.25, 0.3) is 0 Å². The lowest BCUT2D eigenvalue weighted by atomic mass is 9.88. The van der Waals surface area contributed by atoms with Crippen LogP contribution in [-0.4, -0.2) is 6.00 Å². The average molecular weight is 434 g/mol. The van der Waals surface area contributed by atoms with E-state index in [2.05, 4.69) is 61.5 Å². The molecule has 0 aliphatic heterocycles. The molecule has 1 unspecified atom stereocenters. The van der Waals surface area contributed by atoms with Crippen molar-refractivity contribution in [1.82, 2.24) is 0 Å². The highest BCUT2D eigenvalue weighted by Gasteiger charge is 2.29. The zero-order valence-electron chi connectivity index (χ0n) is 15.4. The fourth-order valence-electron chi connectivity index (χ4n) is 4.48. The number of hydrogen-bond acceptors (Lipinski definition) is 0. The Hall–Kier alpha value is -0.993. The van der Waals surface area contributed by atoms with E-state index in [4.69, 9.17) is 33.2 Å². The molecule has 0 nitrogen and oxygen atoms in total. The second-order valence-electron chi connectivity index (χ2n) is 7.66. The molecule has 140 valence electrons. The van der Waals surface area contributed by atoms with Crippen molar-refractivity contribution in [3.63, 3.8) is 0 Å². The van der Waals surface area contributed by atoms with E-state index in [0.717, 1.165) is 31.7 Å². The Balaban J connectivity index is 1.53. The first-order chi connectivity index (χ1) is 12.9. The molecule has 0 saturated carbocycles. The predicted octanol–water partition coefficient (Wildman–Crippen LogP) is 7.80. The van der Waals surface area contributed by atoms with Gasteiger partial charge in [-0.15, -0.1) is 33.2 Å². The highest BCUT2D eigenvalue weighted by Crippen LogP contribution is 2.45. The Kier molecular flexibility index (Phi) is 5.58. The second-order valence-corrected chi connectivity index (χ2v) is 16.9. The van der Waals surface area contributed by atoms with Crippen molar-refractivity contribution >= 4 is 51.4 Å². The normalized spacial score (nSPS) is 18.1. The van der Waals surface area contributed by atoms with Crippen molar-refractivity contribution in [2.75, 3.05) is 0 Å². The minimum atomic E-state index is -2.49. The first-order valence-corrected chi connectivity index (χ1v) is 14.8. The number of hydrogen-bond donors (Lipinski definition) is 0. The van der Waals surface area contributed by atoms with E-state index < -0.39 is 6.00 Å². The molecule has 0 heterocycles. The molecule has 27 heavy (non-hydrogen) atoms. The number of unbranched alkanes of at least 4 members (excludes halogenated alkanes) is 1. The maximum absolute atomic E-state index is 6.01. The lowest BCUT2D eigenvalue weighted by Crippen LogP contribution is -2.08. The van der Waals surface area contributed by atoms with Crippen molar-refractivity contribution in [3.8, 4) is 0 Å². The monoisotopic (exact) mass is 432 g/mol. The summed E-state index contributed by atoms with van der Waals surface area (Å²) >= 11 is 18.0. The predicted molar refractivity (Wildman–Crippen MR) is 122 cm³/mol. The molecule has 0 amide bonds. The van der Waals surface area contributed by atoms with E-state index in [1.54, 1.807) is 0 Å². The summed E-state index contributed by atoms with van der Waals surface area (Å²) in [5.74, 6) is 0.428. The third kappa shape index (κ3) is 4.22. The largest absolute Gasteiger partial charge is 0.341 e. The summed E-state index contributed by atoms with van der Waals surface area (Å²) in [6.45, 7) is 2.26. The minimum Gasteiger partial charge on any atom is -0.126 e. The van der Waals surface area contributed by atoms with E-state index in [0.29, 0.717) is 5.92 Å². The lowest BCUT2D eigenvalue weighted by Gasteiger charge is -2.16. The number of fused-ring (bicyclic) bond motifs is 2. The van der Waals surface area contributed by atoms with Gasteiger partial charge in [-0.2, -0.15) is 0 Å².